The van der Waals surface area contributed by atoms with Gasteiger partial charge in [0.15, 0.2) is 5.75 Å². The lowest BCUT2D eigenvalue weighted by atomic mass is 9.99. The van der Waals surface area contributed by atoms with Crippen LogP contribution in [0.5, 0.6) is 5.75 Å². The normalized spacial score (nSPS) is 10.5. The summed E-state index contributed by atoms with van der Waals surface area (Å²) in [6.45, 7) is 0. The number of methoxy groups -OCH3 is 1. The maximum absolute atomic E-state index is 13.2. The van der Waals surface area contributed by atoms with Gasteiger partial charge in [0.05, 0.1) is 12.7 Å². The summed E-state index contributed by atoms with van der Waals surface area (Å²) in [5.41, 5.74) is 3.67. The number of benzene rings is 2. The molecule has 3 aromatic rings. The molecule has 0 fully saturated rings. The van der Waals surface area contributed by atoms with Gasteiger partial charge in [-0.25, -0.2) is 19.0 Å². The number of halogens is 1. The molecule has 0 aliphatic rings. The summed E-state index contributed by atoms with van der Waals surface area (Å²) in [6, 6.07) is 8.19. The Balaban J connectivity index is 2.11. The smallest absolute Gasteiger partial charge is 0.341 e. The largest absolute Gasteiger partial charge is 0.505 e. The van der Waals surface area contributed by atoms with Crippen molar-refractivity contribution in [3.8, 4) is 5.75 Å². The Bertz CT molecular complexity index is 1200. The van der Waals surface area contributed by atoms with Crippen LogP contribution in [0.4, 0.5) is 9.18 Å². The van der Waals surface area contributed by atoms with Crippen LogP contribution in [0.15, 0.2) is 42.6 Å². The Morgan fingerprint density at radius 3 is 2.44 bits per heavy atom. The van der Waals surface area contributed by atoms with Crippen molar-refractivity contribution in [1.82, 2.24) is 20.7 Å². The minimum Gasteiger partial charge on any atom is -0.505 e. The third-order valence-electron chi connectivity index (χ3n) is 4.76. The highest BCUT2D eigenvalue weighted by atomic mass is 19.1. The van der Waals surface area contributed by atoms with E-state index in [4.69, 9.17) is 0 Å². The molecule has 0 aliphatic carbocycles. The molecule has 1 heterocycles. The molecule has 0 radical (unpaired) electrons. The van der Waals surface area contributed by atoms with Gasteiger partial charge in [-0.1, -0.05) is 12.1 Å². The zero-order valence-electron chi connectivity index (χ0n) is 17.6. The molecule has 0 aliphatic heterocycles. The lowest BCUT2D eigenvalue weighted by Crippen LogP contribution is -2.47. The van der Waals surface area contributed by atoms with Crippen molar-refractivity contribution < 1.29 is 28.6 Å². The Morgan fingerprint density at radius 1 is 1.12 bits per heavy atom. The first-order valence-electron chi connectivity index (χ1n) is 9.49. The van der Waals surface area contributed by atoms with Gasteiger partial charge in [-0.05, 0) is 41.8 Å². The van der Waals surface area contributed by atoms with E-state index >= 15 is 0 Å². The number of pyridine rings is 1. The van der Waals surface area contributed by atoms with E-state index in [-0.39, 0.29) is 27.8 Å². The van der Waals surface area contributed by atoms with Crippen molar-refractivity contribution in [3.05, 3.63) is 70.7 Å². The van der Waals surface area contributed by atoms with E-state index in [0.717, 1.165) is 17.7 Å². The van der Waals surface area contributed by atoms with E-state index in [1.807, 2.05) is 0 Å². The molecule has 0 atom stereocenters. The number of carbonyl (C=O) groups excluding carboxylic acids is 3. The number of hydrogen-bond donors (Lipinski definition) is 3. The molecule has 0 saturated carbocycles. The summed E-state index contributed by atoms with van der Waals surface area (Å²) in [7, 11) is 3.89. The molecule has 32 heavy (non-hydrogen) atoms. The van der Waals surface area contributed by atoms with Crippen LogP contribution in [0.1, 0.15) is 31.8 Å². The standard InChI is InChI=1S/C22H21FN4O5/c1-24-22(31)27(2)26-20(29)16-10-17(21(30)32-3)19(28)18-15(16)9-13(11-25-18)8-12-4-6-14(23)7-5-12/h4-7,9-11,28H,8H2,1-3H3,(H,24,31)(H,26,29). The molecule has 3 amide bonds. The molecule has 2 aromatic carbocycles. The zero-order valence-corrected chi connectivity index (χ0v) is 17.6. The van der Waals surface area contributed by atoms with Crippen LogP contribution in [0.25, 0.3) is 10.9 Å². The molecule has 1 aromatic heterocycles. The van der Waals surface area contributed by atoms with Crippen molar-refractivity contribution in [2.24, 2.45) is 0 Å². The first kappa shape index (κ1) is 22.5. The predicted molar refractivity (Wildman–Crippen MR) is 114 cm³/mol. The summed E-state index contributed by atoms with van der Waals surface area (Å²) in [4.78, 5) is 41.0. The molecule has 166 valence electrons. The fourth-order valence-corrected chi connectivity index (χ4v) is 3.14. The number of hydrazine groups is 1. The summed E-state index contributed by atoms with van der Waals surface area (Å²) < 4.78 is 17.9. The lowest BCUT2D eigenvalue weighted by Gasteiger charge is -2.19. The number of aromatic hydroxyl groups is 1. The fraction of sp³-hybridized carbons (Fsp3) is 0.182. The van der Waals surface area contributed by atoms with Gasteiger partial charge < -0.3 is 15.2 Å². The van der Waals surface area contributed by atoms with Crippen molar-refractivity contribution in [1.29, 1.82) is 0 Å². The van der Waals surface area contributed by atoms with Crippen molar-refractivity contribution in [2.75, 3.05) is 21.2 Å². The number of fused-ring (bicyclic) bond motifs is 1. The molecular weight excluding hydrogens is 419 g/mol. The minimum atomic E-state index is -0.852. The lowest BCUT2D eigenvalue weighted by molar-refractivity contribution is 0.0597. The SMILES string of the molecule is CNC(=O)N(C)NC(=O)c1cc(C(=O)OC)c(O)c2ncc(Cc3ccc(F)cc3)cc12. The fourth-order valence-electron chi connectivity index (χ4n) is 3.14. The highest BCUT2D eigenvalue weighted by molar-refractivity contribution is 6.11. The predicted octanol–water partition coefficient (Wildman–Crippen LogP) is 2.37. The number of esters is 1. The van der Waals surface area contributed by atoms with Crippen LogP contribution in [-0.2, 0) is 11.2 Å². The molecule has 3 rings (SSSR count). The number of ether oxygens (including phenoxy) is 1. The number of phenolic OH excluding ortho intramolecular Hbond substituents is 1. The second-order valence-electron chi connectivity index (χ2n) is 6.91. The van der Waals surface area contributed by atoms with E-state index < -0.39 is 23.7 Å². The summed E-state index contributed by atoms with van der Waals surface area (Å²) in [6.07, 6.45) is 1.88. The van der Waals surface area contributed by atoms with Crippen molar-refractivity contribution in [2.45, 2.75) is 6.42 Å². The molecule has 3 N–H and O–H groups in total. The number of nitrogens with zero attached hydrogens (tertiary/aromatic N) is 2. The minimum absolute atomic E-state index is 0.00223. The maximum atomic E-state index is 13.2. The van der Waals surface area contributed by atoms with Gasteiger partial charge in [0.1, 0.15) is 16.9 Å². The number of aromatic nitrogens is 1. The van der Waals surface area contributed by atoms with Gasteiger partial charge in [-0.2, -0.15) is 0 Å². The Morgan fingerprint density at radius 2 is 1.81 bits per heavy atom. The number of nitrogens with one attached hydrogen (secondary N) is 2. The van der Waals surface area contributed by atoms with Gasteiger partial charge in [0.25, 0.3) is 5.91 Å². The maximum Gasteiger partial charge on any atom is 0.341 e. The number of hydrogen-bond acceptors (Lipinski definition) is 6. The van der Waals surface area contributed by atoms with Crippen molar-refractivity contribution >= 4 is 28.8 Å². The number of carbonyl (C=O) groups is 3. The van der Waals surface area contributed by atoms with E-state index in [9.17, 15) is 23.9 Å². The van der Waals surface area contributed by atoms with Gasteiger partial charge >= 0.3 is 12.0 Å². The number of rotatable bonds is 4. The Hall–Kier alpha value is -4.21. The van der Waals surface area contributed by atoms with Crippen LogP contribution in [-0.4, -0.2) is 54.2 Å². The van der Waals surface area contributed by atoms with Crippen LogP contribution in [0, 0.1) is 5.82 Å². The summed E-state index contributed by atoms with van der Waals surface area (Å²) in [5, 5.41) is 14.1. The first-order chi connectivity index (χ1) is 15.2. The van der Waals surface area contributed by atoms with E-state index in [1.165, 1.54) is 38.5 Å². The van der Waals surface area contributed by atoms with Gasteiger partial charge in [0, 0.05) is 25.7 Å². The molecule has 0 unspecified atom stereocenters. The Labute approximate surface area is 182 Å². The molecule has 9 nitrogen and oxygen atoms in total. The van der Waals surface area contributed by atoms with Crippen LogP contribution in [0.2, 0.25) is 0 Å². The number of amides is 3. The quantitative estimate of drug-likeness (QED) is 0.423. The average molecular weight is 440 g/mol. The molecule has 0 saturated heterocycles. The number of urea groups is 1. The average Bonchev–Trinajstić information content (AvgIpc) is 2.79. The first-order valence-corrected chi connectivity index (χ1v) is 9.49. The van der Waals surface area contributed by atoms with Gasteiger partial charge in [0.2, 0.25) is 0 Å². The van der Waals surface area contributed by atoms with Gasteiger partial charge in [-0.15, -0.1) is 0 Å². The highest BCUT2D eigenvalue weighted by Crippen LogP contribution is 2.32. The van der Waals surface area contributed by atoms with Gasteiger partial charge in [-0.3, -0.25) is 15.2 Å². The molecule has 0 bridgehead atoms. The molecule has 10 heteroatoms. The third-order valence-corrected chi connectivity index (χ3v) is 4.76. The molecule has 0 spiro atoms. The Kier molecular flexibility index (Phi) is 6.53. The van der Waals surface area contributed by atoms with Crippen molar-refractivity contribution in [3.63, 3.8) is 0 Å². The summed E-state index contributed by atoms with van der Waals surface area (Å²) >= 11 is 0. The van der Waals surface area contributed by atoms with Crippen LogP contribution < -0.4 is 10.7 Å². The topological polar surface area (TPSA) is 121 Å². The monoisotopic (exact) mass is 440 g/mol. The van der Waals surface area contributed by atoms with Crippen LogP contribution >= 0.6 is 0 Å². The highest BCUT2D eigenvalue weighted by Gasteiger charge is 2.23. The number of phenols is 1. The molecular formula is C22H21FN4O5. The third kappa shape index (κ3) is 4.59. The van der Waals surface area contributed by atoms with E-state index in [1.54, 1.807) is 18.2 Å². The van der Waals surface area contributed by atoms with E-state index in [0.29, 0.717) is 12.0 Å². The summed E-state index contributed by atoms with van der Waals surface area (Å²) in [5.74, 6) is -2.34. The van der Waals surface area contributed by atoms with Crippen LogP contribution in [0.3, 0.4) is 0 Å². The van der Waals surface area contributed by atoms with E-state index in [2.05, 4.69) is 20.5 Å². The zero-order chi connectivity index (χ0) is 23.4. The second-order valence-corrected chi connectivity index (χ2v) is 6.91. The second kappa shape index (κ2) is 9.29.